The number of benzene rings is 2. The van der Waals surface area contributed by atoms with Crippen molar-refractivity contribution in [2.24, 2.45) is 0 Å². The van der Waals surface area contributed by atoms with Crippen LogP contribution in [0.25, 0.3) is 11.1 Å². The van der Waals surface area contributed by atoms with Gasteiger partial charge in [0, 0.05) is 23.9 Å². The van der Waals surface area contributed by atoms with Crippen LogP contribution in [0.1, 0.15) is 21.8 Å². The molecule has 0 saturated carbocycles. The lowest BCUT2D eigenvalue weighted by atomic mass is 10.0. The van der Waals surface area contributed by atoms with Crippen molar-refractivity contribution in [3.63, 3.8) is 0 Å². The van der Waals surface area contributed by atoms with Crippen LogP contribution in [0.5, 0.6) is 0 Å². The number of nitrogens with zero attached hydrogens (tertiary/aromatic N) is 1. The first-order valence-electron chi connectivity index (χ1n) is 9.27. The quantitative estimate of drug-likeness (QED) is 0.312. The van der Waals surface area contributed by atoms with E-state index in [2.05, 4.69) is 15.2 Å². The molecule has 1 atom stereocenters. The highest BCUT2D eigenvalue weighted by molar-refractivity contribution is 7.98. The molecule has 3 rings (SSSR count). The van der Waals surface area contributed by atoms with Crippen molar-refractivity contribution in [2.45, 2.75) is 23.6 Å². The minimum absolute atomic E-state index is 0.0361. The van der Waals surface area contributed by atoms with Crippen LogP contribution >= 0.6 is 11.8 Å². The maximum Gasteiger partial charge on any atom is 0.251 e. The van der Waals surface area contributed by atoms with Gasteiger partial charge in [-0.05, 0) is 48.6 Å². The summed E-state index contributed by atoms with van der Waals surface area (Å²) in [6.45, 7) is 3.30. The van der Waals surface area contributed by atoms with E-state index >= 15 is 0 Å². The van der Waals surface area contributed by atoms with Gasteiger partial charge in [0.15, 0.2) is 16.2 Å². The second-order valence-electron chi connectivity index (χ2n) is 6.62. The van der Waals surface area contributed by atoms with E-state index in [1.165, 1.54) is 11.8 Å². The van der Waals surface area contributed by atoms with E-state index in [0.29, 0.717) is 11.3 Å². The van der Waals surface area contributed by atoms with E-state index in [1.807, 2.05) is 48.7 Å². The molecule has 9 heteroatoms. The molecule has 0 radical (unpaired) electrons. The fourth-order valence-corrected chi connectivity index (χ4v) is 4.78. The molecule has 2 N–H and O–H groups in total. The fraction of sp³-hybridized carbons (Fsp3) is 0.238. The second-order valence-corrected chi connectivity index (χ2v) is 9.20. The number of amides is 1. The molecule has 3 aromatic rings. The van der Waals surface area contributed by atoms with E-state index in [4.69, 9.17) is 4.52 Å². The minimum atomic E-state index is -3.75. The zero-order chi connectivity index (χ0) is 21.7. The molecule has 0 aliphatic heterocycles. The number of thioether (sulfide) groups is 1. The molecule has 0 fully saturated rings. The van der Waals surface area contributed by atoms with E-state index in [0.717, 1.165) is 11.1 Å². The average Bonchev–Trinajstić information content (AvgIpc) is 3.10. The molecule has 1 unspecified atom stereocenters. The van der Waals surface area contributed by atoms with Gasteiger partial charge in [-0.25, -0.2) is 0 Å². The lowest BCUT2D eigenvalue weighted by Crippen LogP contribution is -2.38. The van der Waals surface area contributed by atoms with Gasteiger partial charge in [0.1, 0.15) is 5.69 Å². The third-order valence-electron chi connectivity index (χ3n) is 4.49. The maximum absolute atomic E-state index is 12.5. The molecule has 1 amide bonds. The van der Waals surface area contributed by atoms with Crippen molar-refractivity contribution in [2.75, 3.05) is 19.3 Å². The first-order valence-corrected chi connectivity index (χ1v) is 12.0. The topological polar surface area (TPSA) is 107 Å². The van der Waals surface area contributed by atoms with Crippen LogP contribution in [-0.2, 0) is 14.6 Å². The number of nitrogens with one attached hydrogen (secondary N) is 2. The molecule has 7 nitrogen and oxygen atoms in total. The molecule has 1 aromatic heterocycles. The minimum Gasteiger partial charge on any atom is -0.593 e. The number of aromatic nitrogens is 1. The molecule has 0 bridgehead atoms. The summed E-state index contributed by atoms with van der Waals surface area (Å²) in [6, 6.07) is 15.4. The lowest BCUT2D eigenvalue weighted by molar-refractivity contribution is 0.0954. The normalized spacial score (nSPS) is 13.1. The predicted molar refractivity (Wildman–Crippen MR) is 117 cm³/mol. The molecule has 0 aliphatic rings. The largest absolute Gasteiger partial charge is 0.593 e. The van der Waals surface area contributed by atoms with E-state index in [-0.39, 0.29) is 29.7 Å². The van der Waals surface area contributed by atoms with Crippen LogP contribution in [0.3, 0.4) is 0 Å². The van der Waals surface area contributed by atoms with Crippen molar-refractivity contribution < 1.29 is 18.1 Å². The van der Waals surface area contributed by atoms with Crippen molar-refractivity contribution in [1.29, 1.82) is 0 Å². The predicted octanol–water partition coefficient (Wildman–Crippen LogP) is 3.60. The molecule has 0 aliphatic carbocycles. The van der Waals surface area contributed by atoms with Crippen molar-refractivity contribution in [1.82, 2.24) is 15.2 Å². The standard InChI is InChI=1S/C21H23N3O4S2/c1-14-20(15(2)28-24-14)30(26,27)23-12-11-22-21(25)18-6-4-5-17(13-18)16-7-9-19(29-3)10-8-16/h4-10,13H,11-12H2,1-3H3,(H2-,22,23,25,26,27). The van der Waals surface area contributed by atoms with Crippen molar-refractivity contribution in [3.8, 4) is 11.1 Å². The van der Waals surface area contributed by atoms with Gasteiger partial charge in [-0.2, -0.15) is 0 Å². The molecule has 0 spiro atoms. The zero-order valence-electron chi connectivity index (χ0n) is 16.9. The van der Waals surface area contributed by atoms with Crippen LogP contribution in [0, 0.1) is 13.8 Å². The number of hydrogen-bond acceptors (Lipinski definition) is 6. The van der Waals surface area contributed by atoms with Crippen LogP contribution in [0.4, 0.5) is 0 Å². The van der Waals surface area contributed by atoms with Gasteiger partial charge in [0.05, 0.1) is 6.54 Å². The number of hydrogen-bond donors (Lipinski definition) is 2. The fourth-order valence-electron chi connectivity index (χ4n) is 3.02. The molecule has 158 valence electrons. The molecule has 1 heterocycles. The van der Waals surface area contributed by atoms with Crippen LogP contribution < -0.4 is 10.0 Å². The average molecular weight is 446 g/mol. The second kappa shape index (κ2) is 9.57. The Morgan fingerprint density at radius 1 is 1.13 bits per heavy atom. The molecule has 0 saturated heterocycles. The van der Waals surface area contributed by atoms with Crippen LogP contribution in [0.2, 0.25) is 0 Å². The number of carbonyl (C=O) groups excluding carboxylic acids is 1. The Hall–Kier alpha value is -2.46. The van der Waals surface area contributed by atoms with E-state index in [9.17, 15) is 13.6 Å². The first kappa shape index (κ1) is 22.2. The highest BCUT2D eigenvalue weighted by Gasteiger charge is 2.29. The number of carbonyl (C=O) groups is 1. The Kier molecular flexibility index (Phi) is 7.09. The van der Waals surface area contributed by atoms with Gasteiger partial charge < -0.3 is 14.4 Å². The molecular formula is C21H23N3O4S2. The Balaban J connectivity index is 1.58. The van der Waals surface area contributed by atoms with Crippen molar-refractivity contribution in [3.05, 3.63) is 65.5 Å². The SMILES string of the molecule is CSc1ccc(-c2cccc(C(=O)NCCN[S+](=O)([O-])c3c(C)noc3C)c2)cc1. The summed E-state index contributed by atoms with van der Waals surface area (Å²) in [5.74, 6) is -0.0412. The Morgan fingerprint density at radius 2 is 1.87 bits per heavy atom. The van der Waals surface area contributed by atoms with Gasteiger partial charge in [-0.1, -0.05) is 33.6 Å². The number of aryl methyl sites for hydroxylation is 2. The summed E-state index contributed by atoms with van der Waals surface area (Å²) >= 11 is 1.67. The Morgan fingerprint density at radius 3 is 2.50 bits per heavy atom. The summed E-state index contributed by atoms with van der Waals surface area (Å²) < 4.78 is 32.1. The van der Waals surface area contributed by atoms with Gasteiger partial charge in [0.25, 0.3) is 5.91 Å². The molecule has 30 heavy (non-hydrogen) atoms. The highest BCUT2D eigenvalue weighted by atomic mass is 32.3. The zero-order valence-corrected chi connectivity index (χ0v) is 18.6. The summed E-state index contributed by atoms with van der Waals surface area (Å²) in [5, 5.41) is 6.39. The monoisotopic (exact) mass is 445 g/mol. The van der Waals surface area contributed by atoms with Crippen LogP contribution in [-0.4, -0.2) is 35.0 Å². The van der Waals surface area contributed by atoms with Crippen LogP contribution in [0.15, 0.2) is 62.8 Å². The van der Waals surface area contributed by atoms with Gasteiger partial charge in [-0.3, -0.25) is 4.79 Å². The van der Waals surface area contributed by atoms with Gasteiger partial charge >= 0.3 is 0 Å². The smallest absolute Gasteiger partial charge is 0.251 e. The summed E-state index contributed by atoms with van der Waals surface area (Å²) in [7, 11) is -3.75. The van der Waals surface area contributed by atoms with Gasteiger partial charge in [0.2, 0.25) is 4.90 Å². The number of rotatable bonds is 8. The van der Waals surface area contributed by atoms with Crippen molar-refractivity contribution >= 4 is 28.1 Å². The number of sulfonamides is 1. The third-order valence-corrected chi connectivity index (χ3v) is 6.94. The maximum atomic E-state index is 12.5. The third kappa shape index (κ3) is 5.17. The first-order chi connectivity index (χ1) is 14.3. The summed E-state index contributed by atoms with van der Waals surface area (Å²) in [5.41, 5.74) is 2.77. The molecule has 2 aromatic carbocycles. The molecular weight excluding hydrogens is 422 g/mol. The highest BCUT2D eigenvalue weighted by Crippen LogP contribution is 2.24. The van der Waals surface area contributed by atoms with E-state index < -0.39 is 10.4 Å². The Labute approximate surface area is 181 Å². The summed E-state index contributed by atoms with van der Waals surface area (Å²) in [4.78, 5) is 13.7. The lowest BCUT2D eigenvalue weighted by Gasteiger charge is -2.14. The Bertz CT molecular complexity index is 1060. The van der Waals surface area contributed by atoms with E-state index in [1.54, 1.807) is 24.8 Å². The summed E-state index contributed by atoms with van der Waals surface area (Å²) in [6.07, 6.45) is 2.02. The van der Waals surface area contributed by atoms with Gasteiger partial charge in [-0.15, -0.1) is 16.5 Å².